The Bertz CT molecular complexity index is 449. The normalized spacial score (nSPS) is 24.0. The van der Waals surface area contributed by atoms with E-state index in [0.29, 0.717) is 17.8 Å². The number of carboxylic acids is 1. The van der Waals surface area contributed by atoms with Crippen LogP contribution in [0, 0.1) is 0 Å². The van der Waals surface area contributed by atoms with Gasteiger partial charge in [-0.25, -0.2) is 4.79 Å². The third kappa shape index (κ3) is 2.28. The van der Waals surface area contributed by atoms with Crippen molar-refractivity contribution >= 4 is 17.3 Å². The molecular formula is C14H20N2O2. The second-order valence-corrected chi connectivity index (χ2v) is 5.11. The molecule has 0 spiro atoms. The van der Waals surface area contributed by atoms with Crippen molar-refractivity contribution in [3.8, 4) is 0 Å². The Kier molecular flexibility index (Phi) is 3.45. The molecule has 0 amide bonds. The third-order valence-corrected chi connectivity index (χ3v) is 3.76. The average molecular weight is 248 g/mol. The summed E-state index contributed by atoms with van der Waals surface area (Å²) in [6, 6.07) is 6.19. The molecule has 1 aliphatic heterocycles. The van der Waals surface area contributed by atoms with Crippen LogP contribution in [0.15, 0.2) is 18.2 Å². The molecule has 0 saturated carbocycles. The van der Waals surface area contributed by atoms with Gasteiger partial charge in [-0.3, -0.25) is 0 Å². The molecule has 1 aromatic rings. The smallest absolute Gasteiger partial charge is 0.337 e. The second kappa shape index (κ2) is 4.88. The SMILES string of the molecule is C[C@@H]1CCC[C@H](C)N1c1ccc(C(=O)O)c(N)c1. The highest BCUT2D eigenvalue weighted by Crippen LogP contribution is 2.31. The van der Waals surface area contributed by atoms with Crippen LogP contribution in [0.3, 0.4) is 0 Å². The summed E-state index contributed by atoms with van der Waals surface area (Å²) >= 11 is 0. The Morgan fingerprint density at radius 1 is 1.33 bits per heavy atom. The lowest BCUT2D eigenvalue weighted by Crippen LogP contribution is -2.43. The van der Waals surface area contributed by atoms with Crippen LogP contribution in [0.2, 0.25) is 0 Å². The predicted molar refractivity (Wildman–Crippen MR) is 73.1 cm³/mol. The lowest BCUT2D eigenvalue weighted by molar-refractivity contribution is 0.0698. The molecule has 2 atom stereocenters. The number of carbonyl (C=O) groups is 1. The van der Waals surface area contributed by atoms with Gasteiger partial charge >= 0.3 is 5.97 Å². The molecule has 4 nitrogen and oxygen atoms in total. The number of nitrogens with zero attached hydrogens (tertiary/aromatic N) is 1. The van der Waals surface area contributed by atoms with E-state index >= 15 is 0 Å². The minimum Gasteiger partial charge on any atom is -0.478 e. The van der Waals surface area contributed by atoms with Crippen molar-refractivity contribution in [2.45, 2.75) is 45.2 Å². The fourth-order valence-electron chi connectivity index (χ4n) is 2.84. The first-order chi connectivity index (χ1) is 8.50. The number of aromatic carboxylic acids is 1. The van der Waals surface area contributed by atoms with Gasteiger partial charge in [0.1, 0.15) is 0 Å². The minimum atomic E-state index is -0.973. The molecule has 0 bridgehead atoms. The molecule has 18 heavy (non-hydrogen) atoms. The Hall–Kier alpha value is -1.71. The van der Waals surface area contributed by atoms with E-state index in [-0.39, 0.29) is 5.56 Å². The quantitative estimate of drug-likeness (QED) is 0.790. The van der Waals surface area contributed by atoms with Gasteiger partial charge in [0.05, 0.1) is 5.56 Å². The molecule has 0 unspecified atom stereocenters. The van der Waals surface area contributed by atoms with E-state index in [0.717, 1.165) is 5.69 Å². The summed E-state index contributed by atoms with van der Waals surface area (Å²) in [4.78, 5) is 13.3. The first-order valence-corrected chi connectivity index (χ1v) is 6.42. The summed E-state index contributed by atoms with van der Waals surface area (Å²) in [5.74, 6) is -0.973. The molecule has 4 heteroatoms. The molecule has 1 fully saturated rings. The monoisotopic (exact) mass is 248 g/mol. The van der Waals surface area contributed by atoms with Crippen LogP contribution in [-0.2, 0) is 0 Å². The van der Waals surface area contributed by atoms with E-state index in [2.05, 4.69) is 18.7 Å². The van der Waals surface area contributed by atoms with Gasteiger partial charge in [0.15, 0.2) is 0 Å². The number of rotatable bonds is 2. The van der Waals surface area contributed by atoms with Crippen LogP contribution in [0.1, 0.15) is 43.5 Å². The summed E-state index contributed by atoms with van der Waals surface area (Å²) in [5.41, 5.74) is 7.35. The lowest BCUT2D eigenvalue weighted by atomic mass is 9.96. The number of nitrogens with two attached hydrogens (primary N) is 1. The van der Waals surface area contributed by atoms with Gasteiger partial charge in [0, 0.05) is 23.5 Å². The lowest BCUT2D eigenvalue weighted by Gasteiger charge is -2.41. The highest BCUT2D eigenvalue weighted by molar-refractivity contribution is 5.94. The van der Waals surface area contributed by atoms with Gasteiger partial charge in [0.25, 0.3) is 0 Å². The molecule has 0 radical (unpaired) electrons. The van der Waals surface area contributed by atoms with Gasteiger partial charge in [-0.05, 0) is 51.3 Å². The molecule has 1 saturated heterocycles. The minimum absolute atomic E-state index is 0.177. The zero-order valence-corrected chi connectivity index (χ0v) is 10.9. The van der Waals surface area contributed by atoms with Crippen molar-refractivity contribution in [3.05, 3.63) is 23.8 Å². The number of piperidine rings is 1. The van der Waals surface area contributed by atoms with E-state index < -0.39 is 5.97 Å². The standard InChI is InChI=1S/C14H20N2O2/c1-9-4-3-5-10(2)16(9)11-6-7-12(14(17)18)13(15)8-11/h6-10H,3-5,15H2,1-2H3,(H,17,18)/t9-,10+. The van der Waals surface area contributed by atoms with Gasteiger partial charge < -0.3 is 15.7 Å². The van der Waals surface area contributed by atoms with E-state index in [1.807, 2.05) is 6.07 Å². The van der Waals surface area contributed by atoms with Crippen LogP contribution in [0.25, 0.3) is 0 Å². The Balaban J connectivity index is 2.33. The van der Waals surface area contributed by atoms with Crippen LogP contribution in [0.5, 0.6) is 0 Å². The van der Waals surface area contributed by atoms with E-state index in [1.165, 1.54) is 19.3 Å². The molecule has 0 aliphatic carbocycles. The molecule has 1 aliphatic rings. The second-order valence-electron chi connectivity index (χ2n) is 5.11. The summed E-state index contributed by atoms with van der Waals surface area (Å²) in [6.07, 6.45) is 3.59. The van der Waals surface area contributed by atoms with Crippen molar-refractivity contribution in [3.63, 3.8) is 0 Å². The molecule has 1 heterocycles. The predicted octanol–water partition coefficient (Wildman–Crippen LogP) is 2.73. The van der Waals surface area contributed by atoms with Crippen LogP contribution in [-0.4, -0.2) is 23.2 Å². The van der Waals surface area contributed by atoms with Crippen molar-refractivity contribution in [2.75, 3.05) is 10.6 Å². The number of carboxylic acid groups (broad SMARTS) is 1. The molecular weight excluding hydrogens is 228 g/mol. The first-order valence-electron chi connectivity index (χ1n) is 6.42. The highest BCUT2D eigenvalue weighted by atomic mass is 16.4. The summed E-state index contributed by atoms with van der Waals surface area (Å²) < 4.78 is 0. The van der Waals surface area contributed by atoms with Gasteiger partial charge in [0.2, 0.25) is 0 Å². The zero-order valence-electron chi connectivity index (χ0n) is 10.9. The van der Waals surface area contributed by atoms with Crippen LogP contribution < -0.4 is 10.6 Å². The molecule has 3 N–H and O–H groups in total. The van der Waals surface area contributed by atoms with E-state index in [9.17, 15) is 4.79 Å². The van der Waals surface area contributed by atoms with Gasteiger partial charge in [-0.1, -0.05) is 0 Å². The maximum atomic E-state index is 10.9. The number of anilines is 2. The number of benzene rings is 1. The van der Waals surface area contributed by atoms with Gasteiger partial charge in [-0.2, -0.15) is 0 Å². The Morgan fingerprint density at radius 2 is 1.94 bits per heavy atom. The van der Waals surface area contributed by atoms with Crippen molar-refractivity contribution in [2.24, 2.45) is 0 Å². The van der Waals surface area contributed by atoms with Crippen LogP contribution >= 0.6 is 0 Å². The van der Waals surface area contributed by atoms with Crippen molar-refractivity contribution in [1.29, 1.82) is 0 Å². The van der Waals surface area contributed by atoms with E-state index in [1.54, 1.807) is 12.1 Å². The maximum absolute atomic E-state index is 10.9. The maximum Gasteiger partial charge on any atom is 0.337 e. The number of hydrogen-bond donors (Lipinski definition) is 2. The molecule has 98 valence electrons. The summed E-state index contributed by atoms with van der Waals surface area (Å²) in [7, 11) is 0. The Labute approximate surface area is 107 Å². The largest absolute Gasteiger partial charge is 0.478 e. The Morgan fingerprint density at radius 3 is 2.44 bits per heavy atom. The number of hydrogen-bond acceptors (Lipinski definition) is 3. The van der Waals surface area contributed by atoms with Crippen molar-refractivity contribution < 1.29 is 9.90 Å². The van der Waals surface area contributed by atoms with Crippen molar-refractivity contribution in [1.82, 2.24) is 0 Å². The molecule has 2 rings (SSSR count). The average Bonchev–Trinajstić information content (AvgIpc) is 2.28. The van der Waals surface area contributed by atoms with Crippen LogP contribution in [0.4, 0.5) is 11.4 Å². The van der Waals surface area contributed by atoms with Gasteiger partial charge in [-0.15, -0.1) is 0 Å². The summed E-state index contributed by atoms with van der Waals surface area (Å²) in [5, 5.41) is 8.98. The zero-order chi connectivity index (χ0) is 13.3. The summed E-state index contributed by atoms with van der Waals surface area (Å²) in [6.45, 7) is 4.41. The third-order valence-electron chi connectivity index (χ3n) is 3.76. The fourth-order valence-corrected chi connectivity index (χ4v) is 2.84. The highest BCUT2D eigenvalue weighted by Gasteiger charge is 2.25. The van der Waals surface area contributed by atoms with E-state index in [4.69, 9.17) is 10.8 Å². The fraction of sp³-hybridized carbons (Fsp3) is 0.500. The topological polar surface area (TPSA) is 66.6 Å². The molecule has 0 aromatic heterocycles. The first kappa shape index (κ1) is 12.7. The number of nitrogen functional groups attached to an aromatic ring is 1. The molecule has 1 aromatic carbocycles.